The topological polar surface area (TPSA) is 26.3 Å². The molecule has 0 atom stereocenters. The zero-order valence-electron chi connectivity index (χ0n) is 4.80. The van der Waals surface area contributed by atoms with Gasteiger partial charge in [-0.15, -0.1) is 0 Å². The molecule has 0 N–H and O–H groups in total. The molecule has 0 aromatic heterocycles. The lowest BCUT2D eigenvalue weighted by atomic mass is 9.86. The lowest BCUT2D eigenvalue weighted by Gasteiger charge is -2.23. The number of hydrogen-bond donors (Lipinski definition) is 0. The molecule has 0 aliphatic heterocycles. The van der Waals surface area contributed by atoms with Crippen LogP contribution < -0.4 is 0 Å². The van der Waals surface area contributed by atoms with Crippen LogP contribution in [0.1, 0.15) is 19.3 Å². The highest BCUT2D eigenvalue weighted by molar-refractivity contribution is 5.36. The smallest absolute Gasteiger partial charge is 0.293 e. The minimum absolute atomic E-state index is 0.526. The van der Waals surface area contributed by atoms with Crippen LogP contribution in [-0.4, -0.2) is 13.1 Å². The standard InChI is InChI=1S/C6H10O2/c7-5-8-4-6-2-1-3-6/h5-6H,1-4H2. The molecular formula is C6H10O2. The highest BCUT2D eigenvalue weighted by atomic mass is 16.5. The van der Waals surface area contributed by atoms with E-state index in [9.17, 15) is 4.79 Å². The van der Waals surface area contributed by atoms with E-state index in [2.05, 4.69) is 4.74 Å². The van der Waals surface area contributed by atoms with E-state index in [0.29, 0.717) is 19.0 Å². The average Bonchev–Trinajstić information content (AvgIpc) is 1.63. The number of rotatable bonds is 3. The van der Waals surface area contributed by atoms with Crippen molar-refractivity contribution in [2.24, 2.45) is 5.92 Å². The summed E-state index contributed by atoms with van der Waals surface area (Å²) >= 11 is 0. The maximum atomic E-state index is 9.63. The van der Waals surface area contributed by atoms with E-state index in [4.69, 9.17) is 0 Å². The number of carbonyl (C=O) groups excluding carboxylic acids is 1. The fraction of sp³-hybridized carbons (Fsp3) is 0.833. The Labute approximate surface area is 48.8 Å². The van der Waals surface area contributed by atoms with E-state index in [1.54, 1.807) is 0 Å². The summed E-state index contributed by atoms with van der Waals surface area (Å²) in [4.78, 5) is 9.63. The van der Waals surface area contributed by atoms with E-state index >= 15 is 0 Å². The largest absolute Gasteiger partial charge is 0.468 e. The Morgan fingerprint density at radius 3 is 2.75 bits per heavy atom. The Bertz CT molecular complexity index is 76.6. The van der Waals surface area contributed by atoms with Crippen LogP contribution in [-0.2, 0) is 9.53 Å². The fourth-order valence-electron chi connectivity index (χ4n) is 0.835. The Hall–Kier alpha value is -0.530. The molecular weight excluding hydrogens is 104 g/mol. The zero-order valence-corrected chi connectivity index (χ0v) is 4.80. The van der Waals surface area contributed by atoms with Crippen molar-refractivity contribution in [3.05, 3.63) is 0 Å². The molecule has 2 nitrogen and oxygen atoms in total. The van der Waals surface area contributed by atoms with Crippen molar-refractivity contribution in [1.82, 2.24) is 0 Å². The van der Waals surface area contributed by atoms with Crippen LogP contribution in [0.25, 0.3) is 0 Å². The van der Waals surface area contributed by atoms with Crippen LogP contribution in [0.4, 0.5) is 0 Å². The van der Waals surface area contributed by atoms with Crippen molar-refractivity contribution in [2.75, 3.05) is 6.61 Å². The summed E-state index contributed by atoms with van der Waals surface area (Å²) in [5, 5.41) is 0. The second-order valence-electron chi connectivity index (χ2n) is 2.23. The van der Waals surface area contributed by atoms with Crippen molar-refractivity contribution in [3.8, 4) is 0 Å². The minimum atomic E-state index is 0.526. The molecule has 1 rings (SSSR count). The second-order valence-corrected chi connectivity index (χ2v) is 2.23. The average molecular weight is 114 g/mol. The summed E-state index contributed by atoms with van der Waals surface area (Å²) in [6, 6.07) is 0. The van der Waals surface area contributed by atoms with Crippen LogP contribution in [0.15, 0.2) is 0 Å². The zero-order chi connectivity index (χ0) is 5.82. The Morgan fingerprint density at radius 1 is 1.62 bits per heavy atom. The van der Waals surface area contributed by atoms with Gasteiger partial charge < -0.3 is 4.74 Å². The van der Waals surface area contributed by atoms with Gasteiger partial charge in [0.1, 0.15) is 0 Å². The summed E-state index contributed by atoms with van der Waals surface area (Å²) in [6.45, 7) is 1.17. The van der Waals surface area contributed by atoms with Gasteiger partial charge in [0.2, 0.25) is 0 Å². The highest BCUT2D eigenvalue weighted by Crippen LogP contribution is 2.25. The van der Waals surface area contributed by atoms with E-state index < -0.39 is 0 Å². The van der Waals surface area contributed by atoms with Crippen LogP contribution in [0.2, 0.25) is 0 Å². The van der Waals surface area contributed by atoms with Gasteiger partial charge in [0.15, 0.2) is 0 Å². The Balaban J connectivity index is 1.93. The lowest BCUT2D eigenvalue weighted by Crippen LogP contribution is -2.16. The third kappa shape index (κ3) is 1.22. The molecule has 1 saturated carbocycles. The molecule has 1 aliphatic rings. The molecule has 2 heteroatoms. The van der Waals surface area contributed by atoms with Gasteiger partial charge in [0.25, 0.3) is 6.47 Å². The van der Waals surface area contributed by atoms with Crippen molar-refractivity contribution in [3.63, 3.8) is 0 Å². The number of ether oxygens (including phenoxy) is 1. The van der Waals surface area contributed by atoms with Gasteiger partial charge in [-0.2, -0.15) is 0 Å². The van der Waals surface area contributed by atoms with Gasteiger partial charge in [-0.1, -0.05) is 6.42 Å². The Morgan fingerprint density at radius 2 is 2.38 bits per heavy atom. The van der Waals surface area contributed by atoms with Crippen molar-refractivity contribution in [2.45, 2.75) is 19.3 Å². The van der Waals surface area contributed by atoms with Crippen LogP contribution in [0.5, 0.6) is 0 Å². The van der Waals surface area contributed by atoms with E-state index in [1.807, 2.05) is 0 Å². The predicted octanol–water partition coefficient (Wildman–Crippen LogP) is 0.960. The van der Waals surface area contributed by atoms with Gasteiger partial charge in [-0.05, 0) is 18.8 Å². The first kappa shape index (κ1) is 5.60. The molecule has 8 heavy (non-hydrogen) atoms. The van der Waals surface area contributed by atoms with Gasteiger partial charge >= 0.3 is 0 Å². The summed E-state index contributed by atoms with van der Waals surface area (Å²) < 4.78 is 4.56. The Kier molecular flexibility index (Phi) is 1.89. The number of hydrogen-bond acceptors (Lipinski definition) is 2. The van der Waals surface area contributed by atoms with Crippen molar-refractivity contribution >= 4 is 6.47 Å². The van der Waals surface area contributed by atoms with Gasteiger partial charge in [0.05, 0.1) is 6.61 Å². The van der Waals surface area contributed by atoms with Crippen LogP contribution >= 0.6 is 0 Å². The molecule has 0 heterocycles. The van der Waals surface area contributed by atoms with Crippen molar-refractivity contribution in [1.29, 1.82) is 0 Å². The van der Waals surface area contributed by atoms with E-state index in [-0.39, 0.29) is 0 Å². The maximum absolute atomic E-state index is 9.63. The molecule has 1 fully saturated rings. The summed E-state index contributed by atoms with van der Waals surface area (Å²) in [5.74, 6) is 0.681. The van der Waals surface area contributed by atoms with Crippen molar-refractivity contribution < 1.29 is 9.53 Å². The van der Waals surface area contributed by atoms with E-state index in [1.165, 1.54) is 19.3 Å². The first-order valence-corrected chi connectivity index (χ1v) is 2.98. The third-order valence-electron chi connectivity index (χ3n) is 1.62. The van der Waals surface area contributed by atoms with Crippen LogP contribution in [0.3, 0.4) is 0 Å². The second kappa shape index (κ2) is 2.70. The summed E-state index contributed by atoms with van der Waals surface area (Å²) in [7, 11) is 0. The third-order valence-corrected chi connectivity index (χ3v) is 1.62. The fourth-order valence-corrected chi connectivity index (χ4v) is 0.835. The first-order valence-electron chi connectivity index (χ1n) is 2.98. The quantitative estimate of drug-likeness (QED) is 0.511. The molecule has 1 aliphatic carbocycles. The molecule has 46 valence electrons. The predicted molar refractivity (Wildman–Crippen MR) is 29.4 cm³/mol. The molecule has 0 amide bonds. The minimum Gasteiger partial charge on any atom is -0.468 e. The summed E-state index contributed by atoms with van der Waals surface area (Å²) in [6.07, 6.45) is 3.80. The number of carbonyl (C=O) groups is 1. The van der Waals surface area contributed by atoms with E-state index in [0.717, 1.165) is 0 Å². The molecule has 0 aromatic carbocycles. The molecule has 0 unspecified atom stereocenters. The molecule has 0 aromatic rings. The molecule has 0 bridgehead atoms. The lowest BCUT2D eigenvalue weighted by molar-refractivity contribution is -0.130. The molecule has 0 saturated heterocycles. The summed E-state index contributed by atoms with van der Waals surface area (Å²) in [5.41, 5.74) is 0. The monoisotopic (exact) mass is 114 g/mol. The SMILES string of the molecule is O=COCC1CCC1. The maximum Gasteiger partial charge on any atom is 0.293 e. The molecule has 0 radical (unpaired) electrons. The first-order chi connectivity index (χ1) is 3.93. The van der Waals surface area contributed by atoms with Crippen LogP contribution in [0, 0.1) is 5.92 Å². The van der Waals surface area contributed by atoms with Gasteiger partial charge in [-0.25, -0.2) is 0 Å². The van der Waals surface area contributed by atoms with Gasteiger partial charge in [-0.3, -0.25) is 4.79 Å². The molecule has 0 spiro atoms. The van der Waals surface area contributed by atoms with Gasteiger partial charge in [0, 0.05) is 0 Å². The highest BCUT2D eigenvalue weighted by Gasteiger charge is 2.16. The normalized spacial score (nSPS) is 19.5.